The topological polar surface area (TPSA) is 35.5 Å². The molecule has 25 heavy (non-hydrogen) atoms. The summed E-state index contributed by atoms with van der Waals surface area (Å²) in [5.74, 6) is 0.843. The van der Waals surface area contributed by atoms with E-state index in [2.05, 4.69) is 22.0 Å². The van der Waals surface area contributed by atoms with E-state index in [4.69, 9.17) is 9.47 Å². The first-order valence-electron chi connectivity index (χ1n) is 8.32. The molecule has 4 heteroatoms. The van der Waals surface area contributed by atoms with E-state index in [0.717, 1.165) is 33.8 Å². The zero-order chi connectivity index (χ0) is 17.2. The molecular weight excluding hydrogens is 380 g/mol. The average Bonchev–Trinajstić information content (AvgIpc) is 3.08. The molecule has 0 amide bonds. The van der Waals surface area contributed by atoms with Gasteiger partial charge >= 0.3 is 5.97 Å². The number of ether oxygens (including phenoxy) is 2. The summed E-state index contributed by atoms with van der Waals surface area (Å²) >= 11 is 3.45. The van der Waals surface area contributed by atoms with Crippen LogP contribution in [0.25, 0.3) is 10.8 Å². The van der Waals surface area contributed by atoms with Crippen LogP contribution in [0.5, 0.6) is 11.5 Å². The maximum Gasteiger partial charge on any atom is 0.349 e. The summed E-state index contributed by atoms with van der Waals surface area (Å²) in [6, 6.07) is 17.6. The Kier molecular flexibility index (Phi) is 4.45. The summed E-state index contributed by atoms with van der Waals surface area (Å²) in [4.78, 5) is 12.1. The third-order valence-electron chi connectivity index (χ3n) is 4.43. The van der Waals surface area contributed by atoms with Gasteiger partial charge in [0.15, 0.2) is 6.61 Å². The fourth-order valence-electron chi connectivity index (χ4n) is 3.20. The van der Waals surface area contributed by atoms with Crippen LogP contribution in [0.4, 0.5) is 0 Å². The van der Waals surface area contributed by atoms with Crippen molar-refractivity contribution in [3.05, 3.63) is 70.2 Å². The molecule has 0 saturated heterocycles. The van der Waals surface area contributed by atoms with Gasteiger partial charge in [0, 0.05) is 4.47 Å². The minimum atomic E-state index is -0.406. The largest absolute Gasteiger partial charge is 0.482 e. The Morgan fingerprint density at radius 1 is 0.880 bits per heavy atom. The fourth-order valence-corrected chi connectivity index (χ4v) is 3.58. The second-order valence-electron chi connectivity index (χ2n) is 6.20. The van der Waals surface area contributed by atoms with Crippen LogP contribution < -0.4 is 9.47 Å². The number of aryl methyl sites for hydroxylation is 2. The molecule has 126 valence electrons. The van der Waals surface area contributed by atoms with Gasteiger partial charge in [0.2, 0.25) is 0 Å². The van der Waals surface area contributed by atoms with Crippen molar-refractivity contribution in [3.63, 3.8) is 0 Å². The van der Waals surface area contributed by atoms with Crippen molar-refractivity contribution < 1.29 is 14.3 Å². The van der Waals surface area contributed by atoms with Gasteiger partial charge in [-0.25, -0.2) is 4.79 Å². The molecule has 0 spiro atoms. The maximum absolute atomic E-state index is 12.1. The third kappa shape index (κ3) is 3.69. The first-order chi connectivity index (χ1) is 12.2. The Hall–Kier alpha value is -2.33. The Morgan fingerprint density at radius 2 is 1.64 bits per heavy atom. The number of hydrogen-bond donors (Lipinski definition) is 0. The Labute approximate surface area is 154 Å². The highest BCUT2D eigenvalue weighted by Crippen LogP contribution is 2.26. The van der Waals surface area contributed by atoms with E-state index in [1.165, 1.54) is 17.5 Å². The summed E-state index contributed by atoms with van der Waals surface area (Å²) in [6.07, 6.45) is 3.42. The molecule has 0 heterocycles. The van der Waals surface area contributed by atoms with E-state index in [1.807, 2.05) is 42.5 Å². The van der Waals surface area contributed by atoms with E-state index in [9.17, 15) is 4.79 Å². The van der Waals surface area contributed by atoms with Crippen LogP contribution in [-0.2, 0) is 17.6 Å². The number of benzene rings is 3. The Balaban J connectivity index is 1.39. The van der Waals surface area contributed by atoms with E-state index >= 15 is 0 Å². The molecule has 1 aliphatic carbocycles. The van der Waals surface area contributed by atoms with E-state index in [-0.39, 0.29) is 6.61 Å². The number of halogens is 1. The second-order valence-corrected chi connectivity index (χ2v) is 7.12. The summed E-state index contributed by atoms with van der Waals surface area (Å²) < 4.78 is 12.0. The van der Waals surface area contributed by atoms with Crippen LogP contribution in [-0.4, -0.2) is 12.6 Å². The first-order valence-corrected chi connectivity index (χ1v) is 9.11. The lowest BCUT2D eigenvalue weighted by Gasteiger charge is -2.09. The molecule has 0 unspecified atom stereocenters. The average molecular weight is 397 g/mol. The smallest absolute Gasteiger partial charge is 0.349 e. The van der Waals surface area contributed by atoms with Gasteiger partial charge in [0.1, 0.15) is 11.5 Å². The van der Waals surface area contributed by atoms with Crippen molar-refractivity contribution in [1.29, 1.82) is 0 Å². The minimum Gasteiger partial charge on any atom is -0.482 e. The lowest BCUT2D eigenvalue weighted by atomic mass is 10.1. The van der Waals surface area contributed by atoms with Gasteiger partial charge in [-0.3, -0.25) is 0 Å². The molecule has 0 bridgehead atoms. The molecule has 0 saturated carbocycles. The minimum absolute atomic E-state index is 0.100. The fraction of sp³-hybridized carbons (Fsp3) is 0.190. The number of carbonyl (C=O) groups is 1. The van der Waals surface area contributed by atoms with Gasteiger partial charge in [0.05, 0.1) is 0 Å². The quantitative estimate of drug-likeness (QED) is 0.455. The van der Waals surface area contributed by atoms with Crippen LogP contribution in [0.15, 0.2) is 59.1 Å². The molecule has 3 aromatic rings. The normalized spacial score (nSPS) is 12.8. The van der Waals surface area contributed by atoms with E-state index in [1.54, 1.807) is 6.07 Å². The zero-order valence-corrected chi connectivity index (χ0v) is 15.2. The summed E-state index contributed by atoms with van der Waals surface area (Å²) in [5.41, 5.74) is 2.71. The molecule has 0 N–H and O–H groups in total. The summed E-state index contributed by atoms with van der Waals surface area (Å²) in [6.45, 7) is -0.100. The highest BCUT2D eigenvalue weighted by Gasteiger charge is 2.12. The highest BCUT2D eigenvalue weighted by molar-refractivity contribution is 9.10. The van der Waals surface area contributed by atoms with Crippen molar-refractivity contribution in [2.45, 2.75) is 19.3 Å². The Bertz CT molecular complexity index is 949. The number of rotatable bonds is 4. The molecule has 0 radical (unpaired) electrons. The van der Waals surface area contributed by atoms with Crippen molar-refractivity contribution >= 4 is 32.7 Å². The van der Waals surface area contributed by atoms with Gasteiger partial charge in [-0.15, -0.1) is 0 Å². The van der Waals surface area contributed by atoms with Crippen LogP contribution in [0.2, 0.25) is 0 Å². The molecular formula is C21H17BrO3. The van der Waals surface area contributed by atoms with Crippen molar-refractivity contribution in [2.24, 2.45) is 0 Å². The predicted molar refractivity (Wildman–Crippen MR) is 101 cm³/mol. The van der Waals surface area contributed by atoms with Gasteiger partial charge in [-0.2, -0.15) is 0 Å². The summed E-state index contributed by atoms with van der Waals surface area (Å²) in [7, 11) is 0. The molecule has 0 fully saturated rings. The Morgan fingerprint density at radius 3 is 2.56 bits per heavy atom. The first kappa shape index (κ1) is 16.2. The number of carbonyl (C=O) groups excluding carboxylic acids is 1. The van der Waals surface area contributed by atoms with Gasteiger partial charge in [-0.1, -0.05) is 34.1 Å². The molecule has 0 atom stereocenters. The van der Waals surface area contributed by atoms with Gasteiger partial charge < -0.3 is 9.47 Å². The molecule has 0 aromatic heterocycles. The van der Waals surface area contributed by atoms with Crippen LogP contribution in [0.3, 0.4) is 0 Å². The van der Waals surface area contributed by atoms with Gasteiger partial charge in [-0.05, 0) is 77.6 Å². The maximum atomic E-state index is 12.1. The lowest BCUT2D eigenvalue weighted by molar-refractivity contribution is -0.136. The SMILES string of the molecule is O=C(COc1ccc2c(c1)CCC2)Oc1ccc2cc(Br)ccc2c1. The van der Waals surface area contributed by atoms with Crippen molar-refractivity contribution in [3.8, 4) is 11.5 Å². The lowest BCUT2D eigenvalue weighted by Crippen LogP contribution is -2.17. The standard InChI is InChI=1S/C21H17BrO3/c22-18-7-4-17-12-20(9-6-16(17)10-18)25-21(23)13-24-19-8-5-14-2-1-3-15(14)11-19/h4-12H,1-3,13H2. The monoisotopic (exact) mass is 396 g/mol. The second kappa shape index (κ2) is 6.89. The molecule has 4 rings (SSSR count). The molecule has 3 nitrogen and oxygen atoms in total. The van der Waals surface area contributed by atoms with Crippen molar-refractivity contribution in [1.82, 2.24) is 0 Å². The molecule has 3 aromatic carbocycles. The predicted octanol–water partition coefficient (Wildman–Crippen LogP) is 5.08. The molecule has 1 aliphatic rings. The van der Waals surface area contributed by atoms with Gasteiger partial charge in [0.25, 0.3) is 0 Å². The molecule has 0 aliphatic heterocycles. The van der Waals surface area contributed by atoms with Crippen LogP contribution in [0.1, 0.15) is 17.5 Å². The van der Waals surface area contributed by atoms with Crippen LogP contribution >= 0.6 is 15.9 Å². The summed E-state index contributed by atoms with van der Waals surface area (Å²) in [5, 5.41) is 2.11. The van der Waals surface area contributed by atoms with Crippen molar-refractivity contribution in [2.75, 3.05) is 6.61 Å². The van der Waals surface area contributed by atoms with Crippen LogP contribution in [0, 0.1) is 0 Å². The highest BCUT2D eigenvalue weighted by atomic mass is 79.9. The number of fused-ring (bicyclic) bond motifs is 2. The zero-order valence-electron chi connectivity index (χ0n) is 13.6. The number of hydrogen-bond acceptors (Lipinski definition) is 3. The third-order valence-corrected chi connectivity index (χ3v) is 4.93. The van der Waals surface area contributed by atoms with E-state index < -0.39 is 5.97 Å². The number of esters is 1. The van der Waals surface area contributed by atoms with E-state index in [0.29, 0.717) is 5.75 Å².